The molecule has 1 amide bonds. The molecule has 0 aromatic heterocycles. The van der Waals surface area contributed by atoms with Gasteiger partial charge in [-0.05, 0) is 36.0 Å². The van der Waals surface area contributed by atoms with Crippen molar-refractivity contribution in [1.29, 1.82) is 0 Å². The highest BCUT2D eigenvalue weighted by Crippen LogP contribution is 2.42. The molecule has 1 aliphatic carbocycles. The van der Waals surface area contributed by atoms with Crippen molar-refractivity contribution >= 4 is 5.91 Å². The fourth-order valence-corrected chi connectivity index (χ4v) is 3.22. The van der Waals surface area contributed by atoms with Crippen LogP contribution in [0, 0.1) is 16.7 Å². The van der Waals surface area contributed by atoms with E-state index in [-0.39, 0.29) is 11.3 Å². The quantitative estimate of drug-likeness (QED) is 0.805. The van der Waals surface area contributed by atoms with Crippen molar-refractivity contribution < 1.29 is 4.79 Å². The SMILES string of the molecule is CC(C)CC1(CNC(=O)[C@@H](N)C(C)(C)C)CCCC1. The number of nitrogens with two attached hydrogens (primary N) is 1. The van der Waals surface area contributed by atoms with Gasteiger partial charge >= 0.3 is 0 Å². The van der Waals surface area contributed by atoms with Crippen LogP contribution in [-0.2, 0) is 4.79 Å². The fraction of sp³-hybridized carbons (Fsp3) is 0.938. The summed E-state index contributed by atoms with van der Waals surface area (Å²) < 4.78 is 0. The van der Waals surface area contributed by atoms with Gasteiger partial charge in [-0.2, -0.15) is 0 Å². The topological polar surface area (TPSA) is 55.1 Å². The van der Waals surface area contributed by atoms with Crippen molar-refractivity contribution in [1.82, 2.24) is 5.32 Å². The van der Waals surface area contributed by atoms with Gasteiger partial charge in [0.2, 0.25) is 5.91 Å². The molecule has 0 aliphatic heterocycles. The number of nitrogens with one attached hydrogen (secondary N) is 1. The van der Waals surface area contributed by atoms with Crippen molar-refractivity contribution in [3.8, 4) is 0 Å². The van der Waals surface area contributed by atoms with Gasteiger partial charge in [-0.3, -0.25) is 4.79 Å². The maximum atomic E-state index is 12.1. The van der Waals surface area contributed by atoms with E-state index in [0.717, 1.165) is 6.54 Å². The van der Waals surface area contributed by atoms with E-state index in [9.17, 15) is 4.79 Å². The summed E-state index contributed by atoms with van der Waals surface area (Å²) in [6.07, 6.45) is 6.30. The van der Waals surface area contributed by atoms with Crippen LogP contribution in [0.15, 0.2) is 0 Å². The van der Waals surface area contributed by atoms with E-state index in [1.54, 1.807) is 0 Å². The lowest BCUT2D eigenvalue weighted by atomic mass is 9.78. The van der Waals surface area contributed by atoms with Crippen molar-refractivity contribution in [2.75, 3.05) is 6.54 Å². The molecule has 1 atom stereocenters. The van der Waals surface area contributed by atoms with E-state index in [2.05, 4.69) is 19.2 Å². The lowest BCUT2D eigenvalue weighted by molar-refractivity contribution is -0.125. The Morgan fingerprint density at radius 1 is 1.26 bits per heavy atom. The lowest BCUT2D eigenvalue weighted by Gasteiger charge is -2.33. The molecule has 0 bridgehead atoms. The van der Waals surface area contributed by atoms with Crippen LogP contribution in [0.1, 0.15) is 66.7 Å². The average molecular weight is 268 g/mol. The Bertz CT molecular complexity index is 298. The molecule has 1 fully saturated rings. The molecular weight excluding hydrogens is 236 g/mol. The highest BCUT2D eigenvalue weighted by molar-refractivity contribution is 5.82. The number of amides is 1. The van der Waals surface area contributed by atoms with Gasteiger partial charge in [-0.25, -0.2) is 0 Å². The summed E-state index contributed by atoms with van der Waals surface area (Å²) in [5.74, 6) is 0.689. The smallest absolute Gasteiger partial charge is 0.237 e. The second-order valence-electron chi connectivity index (χ2n) is 7.87. The maximum Gasteiger partial charge on any atom is 0.237 e. The number of carbonyl (C=O) groups is 1. The number of hydrogen-bond donors (Lipinski definition) is 2. The third-order valence-corrected chi connectivity index (χ3v) is 4.36. The van der Waals surface area contributed by atoms with Crippen LogP contribution >= 0.6 is 0 Å². The third-order valence-electron chi connectivity index (χ3n) is 4.36. The van der Waals surface area contributed by atoms with E-state index in [0.29, 0.717) is 11.3 Å². The van der Waals surface area contributed by atoms with Gasteiger partial charge in [0.05, 0.1) is 6.04 Å². The highest BCUT2D eigenvalue weighted by atomic mass is 16.2. The van der Waals surface area contributed by atoms with Crippen LogP contribution in [0.2, 0.25) is 0 Å². The Labute approximate surface area is 118 Å². The molecule has 3 nitrogen and oxygen atoms in total. The summed E-state index contributed by atoms with van der Waals surface area (Å²) in [7, 11) is 0. The Morgan fingerprint density at radius 2 is 1.79 bits per heavy atom. The Hall–Kier alpha value is -0.570. The molecule has 0 radical (unpaired) electrons. The predicted octanol–water partition coefficient (Wildman–Crippen LogP) is 3.08. The van der Waals surface area contributed by atoms with Crippen LogP contribution in [0.5, 0.6) is 0 Å². The molecule has 19 heavy (non-hydrogen) atoms. The number of rotatable bonds is 5. The van der Waals surface area contributed by atoms with Crippen molar-refractivity contribution in [3.05, 3.63) is 0 Å². The van der Waals surface area contributed by atoms with Gasteiger partial charge in [0, 0.05) is 6.54 Å². The summed E-state index contributed by atoms with van der Waals surface area (Å²) in [4.78, 5) is 12.1. The first-order chi connectivity index (χ1) is 8.66. The molecule has 1 aliphatic rings. The van der Waals surface area contributed by atoms with E-state index in [1.807, 2.05) is 20.8 Å². The van der Waals surface area contributed by atoms with Crippen LogP contribution < -0.4 is 11.1 Å². The maximum absolute atomic E-state index is 12.1. The van der Waals surface area contributed by atoms with E-state index in [1.165, 1.54) is 32.1 Å². The molecule has 112 valence electrons. The van der Waals surface area contributed by atoms with Crippen molar-refractivity contribution in [2.45, 2.75) is 72.8 Å². The Balaban J connectivity index is 2.55. The second-order valence-corrected chi connectivity index (χ2v) is 7.87. The summed E-state index contributed by atoms with van der Waals surface area (Å²) in [5, 5.41) is 3.11. The molecule has 3 N–H and O–H groups in total. The minimum Gasteiger partial charge on any atom is -0.354 e. The zero-order chi connectivity index (χ0) is 14.7. The summed E-state index contributed by atoms with van der Waals surface area (Å²) in [6, 6.07) is -0.426. The number of hydrogen-bond acceptors (Lipinski definition) is 2. The molecule has 0 heterocycles. The molecule has 0 saturated heterocycles. The van der Waals surface area contributed by atoms with Gasteiger partial charge in [0.25, 0.3) is 0 Å². The van der Waals surface area contributed by atoms with Crippen LogP contribution in [-0.4, -0.2) is 18.5 Å². The zero-order valence-corrected chi connectivity index (χ0v) is 13.4. The molecule has 0 unspecified atom stereocenters. The van der Waals surface area contributed by atoms with E-state index >= 15 is 0 Å². The molecule has 0 spiro atoms. The Kier molecular flexibility index (Phi) is 5.43. The van der Waals surface area contributed by atoms with Crippen molar-refractivity contribution in [3.63, 3.8) is 0 Å². The Morgan fingerprint density at radius 3 is 2.21 bits per heavy atom. The molecule has 1 saturated carbocycles. The van der Waals surface area contributed by atoms with Crippen LogP contribution in [0.25, 0.3) is 0 Å². The highest BCUT2D eigenvalue weighted by Gasteiger charge is 2.36. The largest absolute Gasteiger partial charge is 0.354 e. The fourth-order valence-electron chi connectivity index (χ4n) is 3.22. The second kappa shape index (κ2) is 6.25. The van der Waals surface area contributed by atoms with E-state index in [4.69, 9.17) is 5.73 Å². The molecule has 3 heteroatoms. The van der Waals surface area contributed by atoms with Gasteiger partial charge in [0.15, 0.2) is 0 Å². The lowest BCUT2D eigenvalue weighted by Crippen LogP contribution is -2.50. The molecule has 1 rings (SSSR count). The number of carbonyl (C=O) groups excluding carboxylic acids is 1. The molecule has 0 aromatic rings. The van der Waals surface area contributed by atoms with E-state index < -0.39 is 6.04 Å². The van der Waals surface area contributed by atoms with Crippen LogP contribution in [0.3, 0.4) is 0 Å². The third kappa shape index (κ3) is 4.79. The first-order valence-corrected chi connectivity index (χ1v) is 7.70. The normalized spacial score (nSPS) is 20.6. The summed E-state index contributed by atoms with van der Waals surface area (Å²) in [6.45, 7) is 11.4. The van der Waals surface area contributed by atoms with Gasteiger partial charge in [0.1, 0.15) is 0 Å². The van der Waals surface area contributed by atoms with Gasteiger partial charge < -0.3 is 11.1 Å². The minimum atomic E-state index is -0.426. The summed E-state index contributed by atoms with van der Waals surface area (Å²) in [5.41, 5.74) is 6.16. The first kappa shape index (κ1) is 16.5. The minimum absolute atomic E-state index is 0.00234. The first-order valence-electron chi connectivity index (χ1n) is 7.70. The van der Waals surface area contributed by atoms with Gasteiger partial charge in [-0.15, -0.1) is 0 Å². The predicted molar refractivity (Wildman–Crippen MR) is 80.8 cm³/mol. The monoisotopic (exact) mass is 268 g/mol. The summed E-state index contributed by atoms with van der Waals surface area (Å²) >= 11 is 0. The van der Waals surface area contributed by atoms with Crippen molar-refractivity contribution in [2.24, 2.45) is 22.5 Å². The zero-order valence-electron chi connectivity index (χ0n) is 13.4. The molecular formula is C16H32N2O. The standard InChI is InChI=1S/C16H32N2O/c1-12(2)10-16(8-6-7-9-16)11-18-14(19)13(17)15(3,4)5/h12-13H,6-11,17H2,1-5H3,(H,18,19)/t13-/m1/s1. The van der Waals surface area contributed by atoms with Gasteiger partial charge in [-0.1, -0.05) is 47.5 Å². The van der Waals surface area contributed by atoms with Crippen LogP contribution in [0.4, 0.5) is 0 Å². The molecule has 0 aromatic carbocycles. The average Bonchev–Trinajstić information content (AvgIpc) is 2.71.